The Bertz CT molecular complexity index is 272. The summed E-state index contributed by atoms with van der Waals surface area (Å²) in [5.41, 5.74) is 0. The first kappa shape index (κ1) is 22.8. The van der Waals surface area contributed by atoms with Gasteiger partial charge >= 0.3 is 0 Å². The molecule has 0 fully saturated rings. The van der Waals surface area contributed by atoms with Gasteiger partial charge in [0.1, 0.15) is 24.4 Å². The minimum Gasteiger partial charge on any atom is -0.382 e. The quantitative estimate of drug-likeness (QED) is 0.485. The zero-order chi connectivity index (χ0) is 17.8. The molecule has 6 heteroatoms. The van der Waals surface area contributed by atoms with Crippen LogP contribution < -0.4 is 0 Å². The average Bonchev–Trinajstić information content (AvgIpc) is 2.48. The summed E-state index contributed by atoms with van der Waals surface area (Å²) in [6.07, 6.45) is -1.04. The van der Waals surface area contributed by atoms with E-state index in [1.54, 1.807) is 21.3 Å². The Morgan fingerprint density at radius 3 is 1.43 bits per heavy atom. The monoisotopic (exact) mass is 336 g/mol. The molecule has 0 aliphatic rings. The maximum atomic E-state index is 6.00. The van der Waals surface area contributed by atoms with Crippen molar-refractivity contribution in [2.75, 3.05) is 41.2 Å². The molecule has 0 saturated carbocycles. The lowest BCUT2D eigenvalue weighted by molar-refractivity contribution is -0.192. The van der Waals surface area contributed by atoms with Gasteiger partial charge in [0.05, 0.1) is 25.4 Å². The van der Waals surface area contributed by atoms with Gasteiger partial charge in [0.25, 0.3) is 0 Å². The first-order valence-electron chi connectivity index (χ1n) is 8.34. The van der Waals surface area contributed by atoms with Crippen molar-refractivity contribution >= 4 is 0 Å². The lowest BCUT2D eigenvalue weighted by Gasteiger charge is -2.37. The fourth-order valence-corrected chi connectivity index (χ4v) is 2.52. The topological polar surface area (TPSA) is 55.4 Å². The molecule has 0 amide bonds. The van der Waals surface area contributed by atoms with Gasteiger partial charge in [0.2, 0.25) is 0 Å². The molecule has 0 N–H and O–H groups in total. The normalized spacial score (nSPS) is 17.5. The molecule has 0 aromatic heterocycles. The summed E-state index contributed by atoms with van der Waals surface area (Å²) in [6, 6.07) is 0. The van der Waals surface area contributed by atoms with E-state index in [-0.39, 0.29) is 36.6 Å². The third kappa shape index (κ3) is 8.98. The number of hydrogen-bond acceptors (Lipinski definition) is 6. The van der Waals surface area contributed by atoms with Gasteiger partial charge in [0, 0.05) is 27.9 Å². The molecule has 0 heterocycles. The summed E-state index contributed by atoms with van der Waals surface area (Å²) in [5.74, 6) is 0. The standard InChI is InChI=1S/C17H36O6/c1-9-21-11-15(23-13(4)5)17(20-8)16(19-7)14(10-18-6)22-12(2)3/h12-17H,9-11H2,1-8H3. The van der Waals surface area contributed by atoms with E-state index >= 15 is 0 Å². The van der Waals surface area contributed by atoms with Crippen LogP contribution >= 0.6 is 0 Å². The van der Waals surface area contributed by atoms with Crippen LogP contribution in [0, 0.1) is 0 Å². The van der Waals surface area contributed by atoms with Gasteiger partial charge in [-0.05, 0) is 34.6 Å². The predicted octanol–water partition coefficient (Wildman–Crippen LogP) is 2.29. The number of ether oxygens (including phenoxy) is 6. The van der Waals surface area contributed by atoms with E-state index in [2.05, 4.69) is 0 Å². The van der Waals surface area contributed by atoms with Crippen LogP contribution in [0.2, 0.25) is 0 Å². The SMILES string of the molecule is CCOCC(OC(C)C)C(OC)C(OC)C(COC)OC(C)C. The molecule has 0 aromatic carbocycles. The zero-order valence-electron chi connectivity index (χ0n) is 16.0. The van der Waals surface area contributed by atoms with Crippen LogP contribution in [0.3, 0.4) is 0 Å². The summed E-state index contributed by atoms with van der Waals surface area (Å²) in [5, 5.41) is 0. The van der Waals surface area contributed by atoms with E-state index in [1.807, 2.05) is 34.6 Å². The predicted molar refractivity (Wildman–Crippen MR) is 90.0 cm³/mol. The molecule has 0 bridgehead atoms. The van der Waals surface area contributed by atoms with Crippen molar-refractivity contribution in [1.82, 2.24) is 0 Å². The van der Waals surface area contributed by atoms with E-state index in [0.29, 0.717) is 19.8 Å². The summed E-state index contributed by atoms with van der Waals surface area (Å²) < 4.78 is 34.2. The third-order valence-electron chi connectivity index (χ3n) is 3.31. The Morgan fingerprint density at radius 2 is 1.13 bits per heavy atom. The highest BCUT2D eigenvalue weighted by molar-refractivity contribution is 4.86. The molecular formula is C17H36O6. The van der Waals surface area contributed by atoms with Crippen LogP contribution in [-0.2, 0) is 28.4 Å². The Kier molecular flexibility index (Phi) is 13.0. The number of rotatable bonds is 14. The molecule has 0 rings (SSSR count). The first-order valence-corrected chi connectivity index (χ1v) is 8.34. The molecule has 0 radical (unpaired) electrons. The van der Waals surface area contributed by atoms with Gasteiger partial charge < -0.3 is 28.4 Å². The van der Waals surface area contributed by atoms with Crippen LogP contribution in [0.4, 0.5) is 0 Å². The maximum absolute atomic E-state index is 6.00. The van der Waals surface area contributed by atoms with E-state index in [1.165, 1.54) is 0 Å². The van der Waals surface area contributed by atoms with Crippen molar-refractivity contribution in [2.24, 2.45) is 0 Å². The third-order valence-corrected chi connectivity index (χ3v) is 3.31. The lowest BCUT2D eigenvalue weighted by Crippen LogP contribution is -2.52. The molecule has 0 spiro atoms. The second kappa shape index (κ2) is 13.1. The van der Waals surface area contributed by atoms with Crippen LogP contribution in [0.25, 0.3) is 0 Å². The van der Waals surface area contributed by atoms with Crippen LogP contribution in [0.1, 0.15) is 34.6 Å². The van der Waals surface area contributed by atoms with Gasteiger partial charge in [-0.25, -0.2) is 0 Å². The Labute approximate surface area is 141 Å². The van der Waals surface area contributed by atoms with Crippen molar-refractivity contribution in [3.8, 4) is 0 Å². The molecule has 0 aliphatic carbocycles. The molecule has 0 aromatic rings. The summed E-state index contributed by atoms with van der Waals surface area (Å²) >= 11 is 0. The molecule has 140 valence electrons. The number of methoxy groups -OCH3 is 3. The van der Waals surface area contributed by atoms with E-state index in [4.69, 9.17) is 28.4 Å². The summed E-state index contributed by atoms with van der Waals surface area (Å²) in [4.78, 5) is 0. The molecule has 0 saturated heterocycles. The van der Waals surface area contributed by atoms with Crippen LogP contribution in [0.5, 0.6) is 0 Å². The van der Waals surface area contributed by atoms with Gasteiger partial charge in [0.15, 0.2) is 0 Å². The first-order chi connectivity index (χ1) is 10.9. The average molecular weight is 336 g/mol. The maximum Gasteiger partial charge on any atom is 0.114 e. The molecule has 6 nitrogen and oxygen atoms in total. The summed E-state index contributed by atoms with van der Waals surface area (Å²) in [6.45, 7) is 11.4. The Morgan fingerprint density at radius 1 is 0.696 bits per heavy atom. The molecule has 23 heavy (non-hydrogen) atoms. The molecule has 0 aliphatic heterocycles. The highest BCUT2D eigenvalue weighted by Gasteiger charge is 2.37. The van der Waals surface area contributed by atoms with Crippen molar-refractivity contribution < 1.29 is 28.4 Å². The van der Waals surface area contributed by atoms with Crippen LogP contribution in [-0.4, -0.2) is 77.8 Å². The van der Waals surface area contributed by atoms with E-state index < -0.39 is 0 Å². The largest absolute Gasteiger partial charge is 0.382 e. The second-order valence-corrected chi connectivity index (χ2v) is 5.96. The zero-order valence-corrected chi connectivity index (χ0v) is 16.0. The lowest BCUT2D eigenvalue weighted by atomic mass is 10.0. The smallest absolute Gasteiger partial charge is 0.114 e. The van der Waals surface area contributed by atoms with Gasteiger partial charge in [-0.15, -0.1) is 0 Å². The molecule has 4 unspecified atom stereocenters. The van der Waals surface area contributed by atoms with E-state index in [9.17, 15) is 0 Å². The van der Waals surface area contributed by atoms with Crippen molar-refractivity contribution in [3.05, 3.63) is 0 Å². The van der Waals surface area contributed by atoms with Crippen molar-refractivity contribution in [2.45, 2.75) is 71.2 Å². The minimum absolute atomic E-state index is 0.0571. The minimum atomic E-state index is -0.327. The fourth-order valence-electron chi connectivity index (χ4n) is 2.52. The highest BCUT2D eigenvalue weighted by atomic mass is 16.6. The van der Waals surface area contributed by atoms with Crippen LogP contribution in [0.15, 0.2) is 0 Å². The van der Waals surface area contributed by atoms with E-state index in [0.717, 1.165) is 0 Å². The Hall–Kier alpha value is -0.240. The van der Waals surface area contributed by atoms with Gasteiger partial charge in [-0.3, -0.25) is 0 Å². The number of hydrogen-bond donors (Lipinski definition) is 0. The summed E-state index contributed by atoms with van der Waals surface area (Å²) in [7, 11) is 4.95. The molecule has 4 atom stereocenters. The highest BCUT2D eigenvalue weighted by Crippen LogP contribution is 2.20. The molecular weight excluding hydrogens is 300 g/mol. The second-order valence-electron chi connectivity index (χ2n) is 5.96. The van der Waals surface area contributed by atoms with Crippen molar-refractivity contribution in [3.63, 3.8) is 0 Å². The van der Waals surface area contributed by atoms with Crippen molar-refractivity contribution in [1.29, 1.82) is 0 Å². The fraction of sp³-hybridized carbons (Fsp3) is 1.00. The Balaban J connectivity index is 5.22. The van der Waals surface area contributed by atoms with Gasteiger partial charge in [-0.2, -0.15) is 0 Å². The van der Waals surface area contributed by atoms with Gasteiger partial charge in [-0.1, -0.05) is 0 Å².